The summed E-state index contributed by atoms with van der Waals surface area (Å²) in [6, 6.07) is 5.77. The van der Waals surface area contributed by atoms with Crippen molar-refractivity contribution in [3.05, 3.63) is 23.8 Å². The molecule has 2 rings (SSSR count). The van der Waals surface area contributed by atoms with Crippen LogP contribution in [0.2, 0.25) is 0 Å². The van der Waals surface area contributed by atoms with Crippen molar-refractivity contribution in [2.45, 2.75) is 38.6 Å². The second-order valence-electron chi connectivity index (χ2n) is 5.78. The van der Waals surface area contributed by atoms with Gasteiger partial charge in [0.25, 0.3) is 0 Å². The van der Waals surface area contributed by atoms with Crippen LogP contribution in [0, 0.1) is 0 Å². The molecule has 0 saturated carbocycles. The molecule has 0 aromatic heterocycles. The van der Waals surface area contributed by atoms with Crippen LogP contribution in [-0.4, -0.2) is 23.7 Å². The highest BCUT2D eigenvalue weighted by atomic mass is 16.3. The van der Waals surface area contributed by atoms with Gasteiger partial charge in [-0.2, -0.15) is 0 Å². The number of rotatable bonds is 2. The van der Waals surface area contributed by atoms with Crippen molar-refractivity contribution < 1.29 is 5.11 Å². The number of anilines is 1. The van der Waals surface area contributed by atoms with Crippen LogP contribution in [0.1, 0.15) is 38.7 Å². The molecule has 3 N–H and O–H groups in total. The lowest BCUT2D eigenvalue weighted by Gasteiger charge is -2.30. The Hall–Kier alpha value is -1.22. The number of aromatic hydroxyl groups is 1. The first-order valence-electron chi connectivity index (χ1n) is 6.28. The number of benzene rings is 1. The lowest BCUT2D eigenvalue weighted by Crippen LogP contribution is -2.39. The van der Waals surface area contributed by atoms with E-state index in [9.17, 15) is 5.11 Å². The van der Waals surface area contributed by atoms with Crippen molar-refractivity contribution >= 4 is 5.69 Å². The van der Waals surface area contributed by atoms with Crippen LogP contribution in [0.25, 0.3) is 0 Å². The fourth-order valence-corrected chi connectivity index (χ4v) is 2.26. The first-order valence-corrected chi connectivity index (χ1v) is 6.28. The summed E-state index contributed by atoms with van der Waals surface area (Å²) >= 11 is 0. The van der Waals surface area contributed by atoms with Gasteiger partial charge in [-0.05, 0) is 38.8 Å². The second-order valence-corrected chi connectivity index (χ2v) is 5.78. The maximum absolute atomic E-state index is 9.82. The Labute approximate surface area is 103 Å². The summed E-state index contributed by atoms with van der Waals surface area (Å²) in [6.45, 7) is 8.43. The van der Waals surface area contributed by atoms with Gasteiger partial charge >= 0.3 is 0 Å². The van der Waals surface area contributed by atoms with E-state index in [0.29, 0.717) is 11.7 Å². The van der Waals surface area contributed by atoms with Gasteiger partial charge in [0.05, 0.1) is 5.69 Å². The van der Waals surface area contributed by atoms with Crippen molar-refractivity contribution in [1.29, 1.82) is 0 Å². The summed E-state index contributed by atoms with van der Waals surface area (Å²) in [7, 11) is 0. The number of phenols is 1. The largest absolute Gasteiger partial charge is 0.506 e. The quantitative estimate of drug-likeness (QED) is 0.689. The van der Waals surface area contributed by atoms with Crippen molar-refractivity contribution in [3.8, 4) is 5.75 Å². The van der Waals surface area contributed by atoms with Crippen molar-refractivity contribution in [3.63, 3.8) is 0 Å². The van der Waals surface area contributed by atoms with Crippen LogP contribution in [0.4, 0.5) is 5.69 Å². The highest BCUT2D eigenvalue weighted by Gasteiger charge is 2.23. The third-order valence-corrected chi connectivity index (χ3v) is 3.19. The lowest BCUT2D eigenvalue weighted by molar-refractivity contribution is 0.398. The van der Waals surface area contributed by atoms with E-state index in [-0.39, 0.29) is 5.54 Å². The fourth-order valence-electron chi connectivity index (χ4n) is 2.26. The van der Waals surface area contributed by atoms with Crippen LogP contribution in [0.15, 0.2) is 18.2 Å². The first kappa shape index (κ1) is 12.2. The van der Waals surface area contributed by atoms with Crippen LogP contribution in [-0.2, 0) is 0 Å². The SMILES string of the molecule is CC(C)(C)NCC1CCNc2c(O)cccc21. The third kappa shape index (κ3) is 2.91. The molecule has 0 saturated heterocycles. The Bertz CT molecular complexity index is 396. The molecule has 17 heavy (non-hydrogen) atoms. The summed E-state index contributed by atoms with van der Waals surface area (Å²) in [5, 5.41) is 16.6. The van der Waals surface area contributed by atoms with Gasteiger partial charge in [0, 0.05) is 24.5 Å². The van der Waals surface area contributed by atoms with E-state index in [2.05, 4.69) is 37.5 Å². The summed E-state index contributed by atoms with van der Waals surface area (Å²) in [4.78, 5) is 0. The first-order chi connectivity index (χ1) is 7.97. The van der Waals surface area contributed by atoms with Gasteiger partial charge in [-0.1, -0.05) is 12.1 Å². The Morgan fingerprint density at radius 3 is 2.88 bits per heavy atom. The van der Waals surface area contributed by atoms with Crippen molar-refractivity contribution in [1.82, 2.24) is 5.32 Å². The molecular weight excluding hydrogens is 212 g/mol. The molecule has 0 fully saturated rings. The van der Waals surface area contributed by atoms with Gasteiger partial charge in [0.2, 0.25) is 0 Å². The highest BCUT2D eigenvalue weighted by Crippen LogP contribution is 2.37. The van der Waals surface area contributed by atoms with Crippen LogP contribution >= 0.6 is 0 Å². The predicted molar refractivity (Wildman–Crippen MR) is 71.7 cm³/mol. The smallest absolute Gasteiger partial charge is 0.138 e. The molecule has 0 amide bonds. The summed E-state index contributed by atoms with van der Waals surface area (Å²) < 4.78 is 0. The van der Waals surface area contributed by atoms with Crippen molar-refractivity contribution in [2.75, 3.05) is 18.4 Å². The summed E-state index contributed by atoms with van der Waals surface area (Å²) in [5.41, 5.74) is 2.29. The summed E-state index contributed by atoms with van der Waals surface area (Å²) in [5.74, 6) is 0.848. The average molecular weight is 234 g/mol. The van der Waals surface area contributed by atoms with Gasteiger partial charge in [0.1, 0.15) is 5.75 Å². The average Bonchev–Trinajstić information content (AvgIpc) is 2.26. The molecule has 1 aliphatic heterocycles. The van der Waals surface area contributed by atoms with E-state index in [1.807, 2.05) is 6.07 Å². The van der Waals surface area contributed by atoms with E-state index in [4.69, 9.17) is 0 Å². The number of hydrogen-bond acceptors (Lipinski definition) is 3. The van der Waals surface area contributed by atoms with Crippen LogP contribution in [0.5, 0.6) is 5.75 Å². The molecule has 1 aromatic carbocycles. The summed E-state index contributed by atoms with van der Waals surface area (Å²) in [6.07, 6.45) is 1.11. The zero-order valence-electron chi connectivity index (χ0n) is 10.9. The molecule has 1 unspecified atom stereocenters. The zero-order chi connectivity index (χ0) is 12.5. The van der Waals surface area contributed by atoms with Gasteiger partial charge < -0.3 is 15.7 Å². The lowest BCUT2D eigenvalue weighted by atomic mass is 9.90. The molecule has 1 aliphatic rings. The molecule has 0 bridgehead atoms. The minimum Gasteiger partial charge on any atom is -0.506 e. The van der Waals surface area contributed by atoms with E-state index in [1.54, 1.807) is 6.07 Å². The van der Waals surface area contributed by atoms with E-state index in [1.165, 1.54) is 5.56 Å². The fraction of sp³-hybridized carbons (Fsp3) is 0.571. The van der Waals surface area contributed by atoms with Gasteiger partial charge in [-0.25, -0.2) is 0 Å². The van der Waals surface area contributed by atoms with E-state index >= 15 is 0 Å². The minimum atomic E-state index is 0.141. The maximum atomic E-state index is 9.82. The number of fused-ring (bicyclic) bond motifs is 1. The maximum Gasteiger partial charge on any atom is 0.138 e. The van der Waals surface area contributed by atoms with Gasteiger partial charge in [0.15, 0.2) is 0 Å². The number of phenolic OH excluding ortho intramolecular Hbond substituents is 1. The van der Waals surface area contributed by atoms with Crippen molar-refractivity contribution in [2.24, 2.45) is 0 Å². The Kier molecular flexibility index (Phi) is 3.29. The second kappa shape index (κ2) is 4.57. The van der Waals surface area contributed by atoms with Crippen LogP contribution in [0.3, 0.4) is 0 Å². The monoisotopic (exact) mass is 234 g/mol. The molecule has 1 aromatic rings. The molecule has 0 radical (unpaired) electrons. The Morgan fingerprint density at radius 1 is 1.41 bits per heavy atom. The topological polar surface area (TPSA) is 44.3 Å². The Morgan fingerprint density at radius 2 is 2.18 bits per heavy atom. The Balaban J connectivity index is 2.15. The molecule has 0 spiro atoms. The number of para-hydroxylation sites is 1. The van der Waals surface area contributed by atoms with Gasteiger partial charge in [-0.3, -0.25) is 0 Å². The molecule has 0 aliphatic carbocycles. The molecular formula is C14H22N2O. The number of hydrogen-bond donors (Lipinski definition) is 3. The van der Waals surface area contributed by atoms with Crippen LogP contribution < -0.4 is 10.6 Å². The van der Waals surface area contributed by atoms with Gasteiger partial charge in [-0.15, -0.1) is 0 Å². The minimum absolute atomic E-state index is 0.141. The number of nitrogens with one attached hydrogen (secondary N) is 2. The molecule has 1 heterocycles. The molecule has 94 valence electrons. The standard InChI is InChI=1S/C14H22N2O/c1-14(2,3)16-9-10-7-8-15-13-11(10)5-4-6-12(13)17/h4-6,10,15-17H,7-9H2,1-3H3. The van der Waals surface area contributed by atoms with E-state index in [0.717, 1.165) is 25.2 Å². The molecule has 3 nitrogen and oxygen atoms in total. The predicted octanol–water partition coefficient (Wildman–Crippen LogP) is 2.68. The molecule has 3 heteroatoms. The third-order valence-electron chi connectivity index (χ3n) is 3.19. The highest BCUT2D eigenvalue weighted by molar-refractivity contribution is 5.64. The normalized spacial score (nSPS) is 19.6. The molecule has 1 atom stereocenters. The van der Waals surface area contributed by atoms with E-state index < -0.39 is 0 Å². The zero-order valence-corrected chi connectivity index (χ0v) is 10.9.